The minimum atomic E-state index is -0.465. The SMILES string of the molecule is CC1=C(/C=C/C(C)=C/C=C/C(C)=C/C(=O)OCC2OC(n3ccc(N)nc3=O)CS2)C(C)(C)CCC1. The average Bonchev–Trinajstić information content (AvgIpc) is 3.25. The summed E-state index contributed by atoms with van der Waals surface area (Å²) in [5, 5.41) is 0. The van der Waals surface area contributed by atoms with Gasteiger partial charge in [-0.1, -0.05) is 55.4 Å². The molecule has 0 amide bonds. The highest BCUT2D eigenvalue weighted by Gasteiger charge is 2.29. The standard InChI is InChI=1S/C28H37N3O4S/c1-19(11-12-22-21(3)10-7-14-28(22,4)5)8-6-9-20(2)16-25(32)34-17-26-35-24(18-36-26)31-15-13-23(29)30-27(31)33/h6,8-9,11-13,15-16,24,26H,7,10,14,17-18H2,1-5H3,(H2,29,30,33)/b9-6+,12-11+,19-8+,20-16+. The number of nitrogens with zero attached hydrogens (tertiary/aromatic N) is 2. The zero-order valence-electron chi connectivity index (χ0n) is 21.8. The van der Waals surface area contributed by atoms with Crippen molar-refractivity contribution >= 4 is 23.5 Å². The Bertz CT molecular complexity index is 1170. The number of nitrogens with two attached hydrogens (primary N) is 1. The molecule has 2 aliphatic rings. The molecule has 0 bridgehead atoms. The van der Waals surface area contributed by atoms with Crippen molar-refractivity contribution < 1.29 is 14.3 Å². The van der Waals surface area contributed by atoms with Crippen molar-refractivity contribution in [3.63, 3.8) is 0 Å². The number of aromatic nitrogens is 2. The van der Waals surface area contributed by atoms with E-state index in [0.717, 1.165) is 11.1 Å². The number of anilines is 1. The third-order valence-electron chi connectivity index (χ3n) is 6.38. The highest BCUT2D eigenvalue weighted by atomic mass is 32.2. The Hall–Kier alpha value is -2.84. The van der Waals surface area contributed by atoms with E-state index in [0.29, 0.717) is 5.75 Å². The summed E-state index contributed by atoms with van der Waals surface area (Å²) in [5.41, 5.74) is 9.80. The Morgan fingerprint density at radius 3 is 2.83 bits per heavy atom. The number of hydrogen-bond donors (Lipinski definition) is 1. The largest absolute Gasteiger partial charge is 0.459 e. The van der Waals surface area contributed by atoms with Crippen molar-refractivity contribution in [3.8, 4) is 0 Å². The zero-order valence-corrected chi connectivity index (χ0v) is 22.6. The molecule has 0 saturated carbocycles. The van der Waals surface area contributed by atoms with Gasteiger partial charge in [0.2, 0.25) is 0 Å². The molecule has 1 aromatic rings. The van der Waals surface area contributed by atoms with Crippen LogP contribution in [0.4, 0.5) is 5.82 Å². The molecule has 8 heteroatoms. The van der Waals surface area contributed by atoms with Gasteiger partial charge in [-0.2, -0.15) is 4.98 Å². The minimum Gasteiger partial charge on any atom is -0.459 e. The van der Waals surface area contributed by atoms with E-state index >= 15 is 0 Å². The van der Waals surface area contributed by atoms with Gasteiger partial charge in [0, 0.05) is 18.0 Å². The summed E-state index contributed by atoms with van der Waals surface area (Å²) in [6.07, 6.45) is 16.5. The number of esters is 1. The maximum atomic E-state index is 12.2. The van der Waals surface area contributed by atoms with Gasteiger partial charge in [-0.3, -0.25) is 4.57 Å². The van der Waals surface area contributed by atoms with Gasteiger partial charge < -0.3 is 15.2 Å². The van der Waals surface area contributed by atoms with Crippen LogP contribution in [0.2, 0.25) is 0 Å². The normalized spacial score (nSPS) is 23.1. The second-order valence-corrected chi connectivity index (χ2v) is 11.1. The lowest BCUT2D eigenvalue weighted by molar-refractivity contribution is -0.141. The van der Waals surface area contributed by atoms with Crippen LogP contribution in [0.5, 0.6) is 0 Å². The second kappa shape index (κ2) is 12.4. The van der Waals surface area contributed by atoms with Crippen molar-refractivity contribution in [1.29, 1.82) is 0 Å². The molecule has 7 nitrogen and oxygen atoms in total. The lowest BCUT2D eigenvalue weighted by atomic mass is 9.72. The Morgan fingerprint density at radius 2 is 2.11 bits per heavy atom. The first-order chi connectivity index (χ1) is 17.0. The molecule has 1 aromatic heterocycles. The number of nitrogen functional groups attached to an aromatic ring is 1. The Morgan fingerprint density at radius 1 is 1.33 bits per heavy atom. The molecule has 1 fully saturated rings. The van der Waals surface area contributed by atoms with Crippen LogP contribution in [0.15, 0.2) is 75.8 Å². The third kappa shape index (κ3) is 7.83. The molecule has 2 N–H and O–H groups in total. The van der Waals surface area contributed by atoms with Gasteiger partial charge >= 0.3 is 11.7 Å². The molecule has 36 heavy (non-hydrogen) atoms. The fraction of sp³-hybridized carbons (Fsp3) is 0.464. The molecule has 0 spiro atoms. The summed E-state index contributed by atoms with van der Waals surface area (Å²) in [5.74, 6) is 0.292. The smallest absolute Gasteiger partial charge is 0.351 e. The zero-order chi connectivity index (χ0) is 26.3. The molecular formula is C28H37N3O4S. The van der Waals surface area contributed by atoms with Crippen LogP contribution in [0, 0.1) is 5.41 Å². The Labute approximate surface area is 217 Å². The highest BCUT2D eigenvalue weighted by molar-refractivity contribution is 8.00. The van der Waals surface area contributed by atoms with E-state index in [9.17, 15) is 9.59 Å². The van der Waals surface area contributed by atoms with E-state index < -0.39 is 17.9 Å². The molecule has 2 heterocycles. The Kier molecular flexibility index (Phi) is 9.56. The Balaban J connectivity index is 1.47. The number of carbonyl (C=O) groups excluding carboxylic acids is 1. The maximum Gasteiger partial charge on any atom is 0.351 e. The van der Waals surface area contributed by atoms with Crippen LogP contribution in [-0.2, 0) is 14.3 Å². The monoisotopic (exact) mass is 511 g/mol. The van der Waals surface area contributed by atoms with Crippen molar-refractivity contribution in [2.24, 2.45) is 5.41 Å². The summed E-state index contributed by atoms with van der Waals surface area (Å²) in [6, 6.07) is 1.55. The second-order valence-electron chi connectivity index (χ2n) is 9.95. The number of rotatable bonds is 8. The molecule has 1 saturated heterocycles. The predicted molar refractivity (Wildman–Crippen MR) is 146 cm³/mol. The number of carbonyl (C=O) groups is 1. The van der Waals surface area contributed by atoms with Crippen LogP contribution in [0.1, 0.15) is 60.1 Å². The van der Waals surface area contributed by atoms with Crippen LogP contribution in [0.3, 0.4) is 0 Å². The summed E-state index contributed by atoms with van der Waals surface area (Å²) in [7, 11) is 0. The van der Waals surface area contributed by atoms with Crippen molar-refractivity contribution in [1.82, 2.24) is 9.55 Å². The van der Waals surface area contributed by atoms with Crippen LogP contribution >= 0.6 is 11.8 Å². The van der Waals surface area contributed by atoms with Crippen LogP contribution in [-0.4, -0.2) is 33.3 Å². The summed E-state index contributed by atoms with van der Waals surface area (Å²) < 4.78 is 12.5. The van der Waals surface area contributed by atoms with Gasteiger partial charge in [0.25, 0.3) is 0 Å². The summed E-state index contributed by atoms with van der Waals surface area (Å²) in [4.78, 5) is 27.9. The van der Waals surface area contributed by atoms with Crippen molar-refractivity contribution in [3.05, 3.63) is 81.5 Å². The number of hydrogen-bond acceptors (Lipinski definition) is 7. The van der Waals surface area contributed by atoms with Gasteiger partial charge in [0.15, 0.2) is 0 Å². The van der Waals surface area contributed by atoms with Crippen molar-refractivity contribution in [2.45, 2.75) is 65.5 Å². The molecule has 0 radical (unpaired) electrons. The third-order valence-corrected chi connectivity index (χ3v) is 7.47. The van der Waals surface area contributed by atoms with E-state index in [1.807, 2.05) is 25.2 Å². The topological polar surface area (TPSA) is 96.4 Å². The molecular weight excluding hydrogens is 474 g/mol. The first-order valence-corrected chi connectivity index (χ1v) is 13.3. The molecule has 1 aliphatic heterocycles. The predicted octanol–water partition coefficient (Wildman–Crippen LogP) is 5.49. The van der Waals surface area contributed by atoms with Crippen LogP contribution < -0.4 is 11.4 Å². The van der Waals surface area contributed by atoms with Crippen molar-refractivity contribution in [2.75, 3.05) is 18.1 Å². The maximum absolute atomic E-state index is 12.2. The highest BCUT2D eigenvalue weighted by Crippen LogP contribution is 2.40. The molecule has 1 aliphatic carbocycles. The van der Waals surface area contributed by atoms with E-state index in [2.05, 4.69) is 44.8 Å². The van der Waals surface area contributed by atoms with Gasteiger partial charge in [0.05, 0.1) is 0 Å². The van der Waals surface area contributed by atoms with Crippen LogP contribution in [0.25, 0.3) is 0 Å². The molecule has 2 unspecified atom stereocenters. The fourth-order valence-electron chi connectivity index (χ4n) is 4.38. The number of allylic oxidation sites excluding steroid dienone is 9. The van der Waals surface area contributed by atoms with E-state index in [-0.39, 0.29) is 23.3 Å². The number of ether oxygens (including phenoxy) is 2. The molecule has 3 rings (SSSR count). The fourth-order valence-corrected chi connectivity index (χ4v) is 5.37. The molecule has 0 aromatic carbocycles. The lowest BCUT2D eigenvalue weighted by Gasteiger charge is -2.32. The van der Waals surface area contributed by atoms with Gasteiger partial charge in [-0.15, -0.1) is 11.8 Å². The number of thioether (sulfide) groups is 1. The minimum absolute atomic E-state index is 0.0973. The summed E-state index contributed by atoms with van der Waals surface area (Å²) in [6.45, 7) is 10.9. The van der Waals surface area contributed by atoms with E-state index in [4.69, 9.17) is 15.2 Å². The lowest BCUT2D eigenvalue weighted by Crippen LogP contribution is -2.29. The van der Waals surface area contributed by atoms with E-state index in [1.165, 1.54) is 52.8 Å². The first kappa shape index (κ1) is 27.7. The van der Waals surface area contributed by atoms with Gasteiger partial charge in [-0.05, 0) is 62.7 Å². The summed E-state index contributed by atoms with van der Waals surface area (Å²) >= 11 is 1.48. The quantitative estimate of drug-likeness (QED) is 0.280. The average molecular weight is 512 g/mol. The first-order valence-electron chi connectivity index (χ1n) is 12.3. The van der Waals surface area contributed by atoms with Gasteiger partial charge in [-0.25, -0.2) is 9.59 Å². The van der Waals surface area contributed by atoms with E-state index in [1.54, 1.807) is 12.3 Å². The van der Waals surface area contributed by atoms with Gasteiger partial charge in [0.1, 0.15) is 24.1 Å². The molecule has 194 valence electrons. The molecule has 2 atom stereocenters.